The third kappa shape index (κ3) is 7.29. The Balaban J connectivity index is 1.91. The normalized spacial score (nSPS) is 10.8. The molecule has 0 spiro atoms. The molecule has 3 heteroatoms. The molecule has 0 saturated carbocycles. The number of rotatable bonds is 12. The molecule has 136 valence electrons. The van der Waals surface area contributed by atoms with Crippen LogP contribution in [0.1, 0.15) is 25.0 Å². The van der Waals surface area contributed by atoms with Crippen molar-refractivity contribution in [2.24, 2.45) is 0 Å². The first-order valence-electron chi connectivity index (χ1n) is 9.36. The number of anilines is 1. The number of aryl methyl sites for hydroxylation is 2. The quantitative estimate of drug-likeness (QED) is 0.536. The molecule has 0 bridgehead atoms. The van der Waals surface area contributed by atoms with E-state index in [1.165, 1.54) is 16.8 Å². The van der Waals surface area contributed by atoms with E-state index in [1.54, 1.807) is 0 Å². The van der Waals surface area contributed by atoms with Gasteiger partial charge in [-0.15, -0.1) is 0 Å². The summed E-state index contributed by atoms with van der Waals surface area (Å²) >= 11 is 0. The van der Waals surface area contributed by atoms with Crippen molar-refractivity contribution in [3.8, 4) is 0 Å². The van der Waals surface area contributed by atoms with E-state index in [4.69, 9.17) is 9.47 Å². The number of hydrogen-bond donors (Lipinski definition) is 0. The minimum atomic E-state index is 0.748. The van der Waals surface area contributed by atoms with Gasteiger partial charge in [0.25, 0.3) is 0 Å². The van der Waals surface area contributed by atoms with Crippen molar-refractivity contribution in [3.05, 3.63) is 65.7 Å². The molecular weight excluding hydrogens is 310 g/mol. The van der Waals surface area contributed by atoms with E-state index in [1.807, 2.05) is 13.8 Å². The van der Waals surface area contributed by atoms with E-state index >= 15 is 0 Å². The molecule has 0 N–H and O–H groups in total. The lowest BCUT2D eigenvalue weighted by Gasteiger charge is -2.25. The van der Waals surface area contributed by atoms with Crippen LogP contribution < -0.4 is 4.90 Å². The zero-order valence-electron chi connectivity index (χ0n) is 15.6. The van der Waals surface area contributed by atoms with E-state index in [2.05, 4.69) is 59.5 Å². The summed E-state index contributed by atoms with van der Waals surface area (Å²) in [5, 5.41) is 0. The zero-order chi connectivity index (χ0) is 17.7. The maximum Gasteiger partial charge on any atom is 0.0641 e. The fourth-order valence-corrected chi connectivity index (χ4v) is 2.81. The predicted molar refractivity (Wildman–Crippen MR) is 105 cm³/mol. The van der Waals surface area contributed by atoms with Gasteiger partial charge in [0.05, 0.1) is 13.2 Å². The van der Waals surface area contributed by atoms with Gasteiger partial charge in [-0.1, -0.05) is 42.5 Å². The van der Waals surface area contributed by atoms with Crippen LogP contribution in [0, 0.1) is 0 Å². The van der Waals surface area contributed by atoms with Gasteiger partial charge in [0.2, 0.25) is 0 Å². The van der Waals surface area contributed by atoms with Crippen molar-refractivity contribution >= 4 is 5.69 Å². The Morgan fingerprint density at radius 2 is 1.20 bits per heavy atom. The van der Waals surface area contributed by atoms with Crippen LogP contribution in [0.2, 0.25) is 0 Å². The number of benzene rings is 2. The average Bonchev–Trinajstić information content (AvgIpc) is 2.67. The second-order valence-corrected chi connectivity index (χ2v) is 6.03. The van der Waals surface area contributed by atoms with Gasteiger partial charge in [-0.25, -0.2) is 0 Å². The van der Waals surface area contributed by atoms with E-state index in [0.29, 0.717) is 0 Å². The second kappa shape index (κ2) is 11.7. The van der Waals surface area contributed by atoms with E-state index < -0.39 is 0 Å². The molecule has 0 amide bonds. The molecule has 0 atom stereocenters. The Bertz CT molecular complexity index is 558. The number of nitrogens with zero attached hydrogens (tertiary/aromatic N) is 1. The highest BCUT2D eigenvalue weighted by Crippen LogP contribution is 2.16. The zero-order valence-corrected chi connectivity index (χ0v) is 15.6. The average molecular weight is 341 g/mol. The van der Waals surface area contributed by atoms with Crippen molar-refractivity contribution in [1.82, 2.24) is 0 Å². The standard InChI is InChI=1S/C22H31NO2/c1-3-24-18-16-23(17-19-25-4-2)22-14-12-21(13-15-22)11-10-20-8-6-5-7-9-20/h5-9,12-15H,3-4,10-11,16-19H2,1-2H3. The van der Waals surface area contributed by atoms with Crippen LogP contribution in [0.4, 0.5) is 5.69 Å². The van der Waals surface area contributed by atoms with Gasteiger partial charge < -0.3 is 14.4 Å². The topological polar surface area (TPSA) is 21.7 Å². The first-order chi connectivity index (χ1) is 12.3. The van der Waals surface area contributed by atoms with Crippen molar-refractivity contribution in [1.29, 1.82) is 0 Å². The van der Waals surface area contributed by atoms with Gasteiger partial charge >= 0.3 is 0 Å². The molecule has 25 heavy (non-hydrogen) atoms. The van der Waals surface area contributed by atoms with Crippen LogP contribution in [0.25, 0.3) is 0 Å². The number of ether oxygens (including phenoxy) is 2. The Morgan fingerprint density at radius 1 is 0.680 bits per heavy atom. The molecule has 0 fully saturated rings. The van der Waals surface area contributed by atoms with Crippen LogP contribution in [-0.4, -0.2) is 39.5 Å². The maximum absolute atomic E-state index is 5.52. The largest absolute Gasteiger partial charge is 0.380 e. The minimum Gasteiger partial charge on any atom is -0.380 e. The van der Waals surface area contributed by atoms with Crippen LogP contribution in [-0.2, 0) is 22.3 Å². The SMILES string of the molecule is CCOCCN(CCOCC)c1ccc(CCc2ccccc2)cc1. The van der Waals surface area contributed by atoms with Crippen molar-refractivity contribution in [2.75, 3.05) is 44.4 Å². The molecule has 0 aliphatic carbocycles. The van der Waals surface area contributed by atoms with Crippen molar-refractivity contribution < 1.29 is 9.47 Å². The fraction of sp³-hybridized carbons (Fsp3) is 0.455. The van der Waals surface area contributed by atoms with Gasteiger partial charge in [-0.05, 0) is 49.9 Å². The van der Waals surface area contributed by atoms with Crippen molar-refractivity contribution in [2.45, 2.75) is 26.7 Å². The predicted octanol–water partition coefficient (Wildman–Crippen LogP) is 4.35. The molecule has 2 aromatic carbocycles. The highest BCUT2D eigenvalue weighted by molar-refractivity contribution is 5.47. The highest BCUT2D eigenvalue weighted by atomic mass is 16.5. The summed E-state index contributed by atoms with van der Waals surface area (Å²) < 4.78 is 11.0. The first-order valence-corrected chi connectivity index (χ1v) is 9.36. The molecular formula is C22H31NO2. The van der Waals surface area contributed by atoms with Gasteiger partial charge in [0, 0.05) is 32.0 Å². The minimum absolute atomic E-state index is 0.748. The van der Waals surface area contributed by atoms with E-state index in [9.17, 15) is 0 Å². The van der Waals surface area contributed by atoms with E-state index in [-0.39, 0.29) is 0 Å². The Kier molecular flexibility index (Phi) is 9.09. The number of hydrogen-bond acceptors (Lipinski definition) is 3. The molecule has 0 aliphatic rings. The summed E-state index contributed by atoms with van der Waals surface area (Å²) in [6, 6.07) is 19.6. The third-order valence-electron chi connectivity index (χ3n) is 4.27. The third-order valence-corrected chi connectivity index (χ3v) is 4.27. The monoisotopic (exact) mass is 341 g/mol. The Morgan fingerprint density at radius 3 is 1.72 bits per heavy atom. The van der Waals surface area contributed by atoms with E-state index in [0.717, 1.165) is 52.4 Å². The van der Waals surface area contributed by atoms with Gasteiger partial charge in [0.1, 0.15) is 0 Å². The summed E-state index contributed by atoms with van der Waals surface area (Å²) in [7, 11) is 0. The van der Waals surface area contributed by atoms with Gasteiger partial charge in [-0.3, -0.25) is 0 Å². The summed E-state index contributed by atoms with van der Waals surface area (Å²) in [5.41, 5.74) is 4.01. The highest BCUT2D eigenvalue weighted by Gasteiger charge is 2.07. The second-order valence-electron chi connectivity index (χ2n) is 6.03. The lowest BCUT2D eigenvalue weighted by molar-refractivity contribution is 0.141. The van der Waals surface area contributed by atoms with Crippen LogP contribution in [0.5, 0.6) is 0 Å². The summed E-state index contributed by atoms with van der Waals surface area (Å²) in [6.45, 7) is 8.87. The van der Waals surface area contributed by atoms with Gasteiger partial charge in [0.15, 0.2) is 0 Å². The molecule has 2 rings (SSSR count). The van der Waals surface area contributed by atoms with Crippen LogP contribution >= 0.6 is 0 Å². The fourth-order valence-electron chi connectivity index (χ4n) is 2.81. The Hall–Kier alpha value is -1.84. The lowest BCUT2D eigenvalue weighted by Crippen LogP contribution is -2.31. The molecule has 0 unspecified atom stereocenters. The van der Waals surface area contributed by atoms with Crippen LogP contribution in [0.15, 0.2) is 54.6 Å². The smallest absolute Gasteiger partial charge is 0.0641 e. The lowest BCUT2D eigenvalue weighted by atomic mass is 10.0. The van der Waals surface area contributed by atoms with Crippen LogP contribution in [0.3, 0.4) is 0 Å². The molecule has 2 aromatic rings. The molecule has 0 heterocycles. The molecule has 3 nitrogen and oxygen atoms in total. The molecule has 0 radical (unpaired) electrons. The van der Waals surface area contributed by atoms with Gasteiger partial charge in [-0.2, -0.15) is 0 Å². The summed E-state index contributed by atoms with van der Waals surface area (Å²) in [6.07, 6.45) is 2.15. The Labute approximate surface area is 152 Å². The summed E-state index contributed by atoms with van der Waals surface area (Å²) in [5.74, 6) is 0. The first kappa shape index (κ1) is 19.5. The maximum atomic E-state index is 5.52. The molecule has 0 saturated heterocycles. The molecule has 0 aromatic heterocycles. The van der Waals surface area contributed by atoms with Crippen molar-refractivity contribution in [3.63, 3.8) is 0 Å². The molecule has 0 aliphatic heterocycles. The summed E-state index contributed by atoms with van der Waals surface area (Å²) in [4.78, 5) is 2.34.